The fourth-order valence-corrected chi connectivity index (χ4v) is 3.99. The minimum absolute atomic E-state index is 0.259. The van der Waals surface area contributed by atoms with Gasteiger partial charge in [-0.2, -0.15) is 4.99 Å². The second-order valence-corrected chi connectivity index (χ2v) is 8.46. The highest BCUT2D eigenvalue weighted by Gasteiger charge is 2.08. The first-order valence-corrected chi connectivity index (χ1v) is 11.9. The number of aryl methyl sites for hydroxylation is 2. The molecule has 0 saturated heterocycles. The van der Waals surface area contributed by atoms with Crippen LogP contribution < -0.4 is 16.8 Å². The zero-order valence-electron chi connectivity index (χ0n) is 19.8. The van der Waals surface area contributed by atoms with Crippen LogP contribution in [-0.2, 0) is 12.8 Å². The lowest BCUT2D eigenvalue weighted by Gasteiger charge is -2.11. The van der Waals surface area contributed by atoms with Crippen molar-refractivity contribution in [3.63, 3.8) is 0 Å². The minimum atomic E-state index is 0.259. The number of fused-ring (bicyclic) bond motifs is 1. The van der Waals surface area contributed by atoms with Crippen molar-refractivity contribution in [2.75, 3.05) is 11.1 Å². The van der Waals surface area contributed by atoms with Crippen LogP contribution in [0, 0.1) is 0 Å². The third kappa shape index (κ3) is 5.67. The molecule has 5 aromatic rings. The third-order valence-electron chi connectivity index (χ3n) is 5.78. The molecule has 0 amide bonds. The first kappa shape index (κ1) is 23.0. The lowest BCUT2D eigenvalue weighted by molar-refractivity contribution is 0.514. The molecule has 8 nitrogen and oxygen atoms in total. The van der Waals surface area contributed by atoms with Gasteiger partial charge in [-0.15, -0.1) is 10.2 Å². The van der Waals surface area contributed by atoms with Crippen molar-refractivity contribution in [2.45, 2.75) is 25.7 Å². The van der Waals surface area contributed by atoms with E-state index in [0.717, 1.165) is 65.2 Å². The summed E-state index contributed by atoms with van der Waals surface area (Å²) in [5.74, 6) is 1.44. The van der Waals surface area contributed by atoms with Gasteiger partial charge in [-0.1, -0.05) is 48.5 Å². The lowest BCUT2D eigenvalue weighted by atomic mass is 10.1. The Labute approximate surface area is 209 Å². The monoisotopic (exact) mass is 477 g/mol. The predicted octanol–water partition coefficient (Wildman–Crippen LogP) is 5.49. The van der Waals surface area contributed by atoms with Gasteiger partial charge in [0.25, 0.3) is 0 Å². The minimum Gasteiger partial charge on any atom is -0.441 e. The number of nitrogens with zero attached hydrogens (tertiary/aromatic N) is 4. The quantitative estimate of drug-likeness (QED) is 0.117. The summed E-state index contributed by atoms with van der Waals surface area (Å²) >= 11 is 0. The molecule has 36 heavy (non-hydrogen) atoms. The van der Waals surface area contributed by atoms with Gasteiger partial charge in [-0.3, -0.25) is 0 Å². The molecule has 0 unspecified atom stereocenters. The normalized spacial score (nSPS) is 11.6. The van der Waals surface area contributed by atoms with Crippen molar-refractivity contribution < 1.29 is 4.42 Å². The number of nitrogen functional groups attached to an aromatic ring is 1. The number of hydrogen-bond donors (Lipinski definition) is 3. The molecule has 0 radical (unpaired) electrons. The first-order valence-electron chi connectivity index (χ1n) is 11.9. The number of unbranched alkanes of at least 4 members (excludes halogenated alkanes) is 1. The molecule has 2 heterocycles. The Morgan fingerprint density at radius 1 is 0.861 bits per heavy atom. The molecule has 180 valence electrons. The summed E-state index contributed by atoms with van der Waals surface area (Å²) in [5.41, 5.74) is 18.1. The predicted molar refractivity (Wildman–Crippen MR) is 144 cm³/mol. The third-order valence-corrected chi connectivity index (χ3v) is 5.78. The van der Waals surface area contributed by atoms with E-state index >= 15 is 0 Å². The van der Waals surface area contributed by atoms with Crippen molar-refractivity contribution in [3.8, 4) is 11.3 Å². The van der Waals surface area contributed by atoms with Crippen LogP contribution in [0.4, 0.5) is 17.2 Å². The average Bonchev–Trinajstić information content (AvgIpc) is 3.30. The maximum absolute atomic E-state index is 6.18. The maximum atomic E-state index is 6.18. The van der Waals surface area contributed by atoms with E-state index in [2.05, 4.69) is 31.6 Å². The van der Waals surface area contributed by atoms with Crippen LogP contribution in [-0.4, -0.2) is 21.1 Å². The van der Waals surface area contributed by atoms with E-state index in [1.807, 2.05) is 72.8 Å². The molecule has 0 fully saturated rings. The number of oxazole rings is 1. The molecular weight excluding hydrogens is 450 g/mol. The van der Waals surface area contributed by atoms with Crippen molar-refractivity contribution in [1.29, 1.82) is 0 Å². The zero-order chi connectivity index (χ0) is 24.7. The summed E-state index contributed by atoms with van der Waals surface area (Å²) in [7, 11) is 0. The van der Waals surface area contributed by atoms with Crippen LogP contribution in [0.3, 0.4) is 0 Å². The Morgan fingerprint density at radius 2 is 1.67 bits per heavy atom. The van der Waals surface area contributed by atoms with Crippen LogP contribution in [0.1, 0.15) is 24.3 Å². The summed E-state index contributed by atoms with van der Waals surface area (Å²) in [4.78, 5) is 8.91. The van der Waals surface area contributed by atoms with Gasteiger partial charge in [0.2, 0.25) is 0 Å². The molecule has 2 aromatic heterocycles. The fraction of sp³-hybridized carbons (Fsp3) is 0.143. The number of para-hydroxylation sites is 1. The van der Waals surface area contributed by atoms with Gasteiger partial charge in [0, 0.05) is 23.4 Å². The number of aromatic nitrogens is 3. The summed E-state index contributed by atoms with van der Waals surface area (Å²) in [6.07, 6.45) is 3.58. The maximum Gasteiger partial charge on any atom is 0.199 e. The molecule has 0 atom stereocenters. The van der Waals surface area contributed by atoms with E-state index in [1.54, 1.807) is 6.07 Å². The van der Waals surface area contributed by atoms with Gasteiger partial charge in [-0.05, 0) is 61.2 Å². The van der Waals surface area contributed by atoms with Gasteiger partial charge >= 0.3 is 0 Å². The standard InChI is InChI=1S/C28H27N7O/c29-21-14-16-25-24(18-21)31-27(36-25)13-7-5-11-19-10-4-6-12-22(19)32-28(30)33-26-17-15-23(34-35-26)20-8-2-1-3-9-20/h1-4,6,8-10,12,14-18H,5,7,11,13,29H2,(H3,30,32,33,35). The second-order valence-electron chi connectivity index (χ2n) is 8.46. The van der Waals surface area contributed by atoms with E-state index in [9.17, 15) is 0 Å². The Bertz CT molecular complexity index is 1480. The smallest absolute Gasteiger partial charge is 0.199 e. The van der Waals surface area contributed by atoms with Crippen LogP contribution in [0.5, 0.6) is 0 Å². The Balaban J connectivity index is 1.17. The molecule has 5 N–H and O–H groups in total. The molecule has 0 aliphatic carbocycles. The Kier molecular flexibility index (Phi) is 6.84. The molecule has 3 aromatic carbocycles. The molecule has 0 spiro atoms. The SMILES string of the molecule is NC(=Nc1ccc(-c2ccccc2)nn1)Nc1ccccc1CCCCc1nc2cc(N)ccc2o1. The first-order chi connectivity index (χ1) is 17.6. The van der Waals surface area contributed by atoms with Crippen molar-refractivity contribution >= 4 is 34.3 Å². The molecule has 0 bridgehead atoms. The van der Waals surface area contributed by atoms with Crippen LogP contribution >= 0.6 is 0 Å². The summed E-state index contributed by atoms with van der Waals surface area (Å²) < 4.78 is 5.82. The number of guanidine groups is 1. The largest absolute Gasteiger partial charge is 0.441 e. The molecule has 0 aliphatic rings. The number of aliphatic imine (C=N–C) groups is 1. The summed E-state index contributed by atoms with van der Waals surface area (Å²) in [6, 6.07) is 27.2. The topological polar surface area (TPSA) is 128 Å². The average molecular weight is 478 g/mol. The number of nitrogens with one attached hydrogen (secondary N) is 1. The number of hydrogen-bond acceptors (Lipinski definition) is 6. The highest BCUT2D eigenvalue weighted by molar-refractivity contribution is 5.94. The number of nitrogens with two attached hydrogens (primary N) is 2. The van der Waals surface area contributed by atoms with Crippen molar-refractivity contribution in [3.05, 3.63) is 96.4 Å². The van der Waals surface area contributed by atoms with Gasteiger partial charge in [0.15, 0.2) is 23.3 Å². The van der Waals surface area contributed by atoms with E-state index < -0.39 is 0 Å². The molecule has 0 aliphatic heterocycles. The van der Waals surface area contributed by atoms with Gasteiger partial charge in [-0.25, -0.2) is 4.98 Å². The Morgan fingerprint density at radius 3 is 2.50 bits per heavy atom. The zero-order valence-corrected chi connectivity index (χ0v) is 19.8. The van der Waals surface area contributed by atoms with Crippen molar-refractivity contribution in [2.24, 2.45) is 10.7 Å². The number of anilines is 2. The Hall–Kier alpha value is -4.72. The van der Waals surface area contributed by atoms with Gasteiger partial charge in [0.05, 0.1) is 5.69 Å². The highest BCUT2D eigenvalue weighted by atomic mass is 16.3. The fourth-order valence-electron chi connectivity index (χ4n) is 3.99. The lowest BCUT2D eigenvalue weighted by Crippen LogP contribution is -2.22. The van der Waals surface area contributed by atoms with E-state index in [4.69, 9.17) is 15.9 Å². The highest BCUT2D eigenvalue weighted by Crippen LogP contribution is 2.22. The van der Waals surface area contributed by atoms with E-state index in [0.29, 0.717) is 11.5 Å². The molecule has 8 heteroatoms. The number of benzene rings is 3. The van der Waals surface area contributed by atoms with Crippen LogP contribution in [0.15, 0.2) is 94.3 Å². The summed E-state index contributed by atoms with van der Waals surface area (Å²) in [6.45, 7) is 0. The summed E-state index contributed by atoms with van der Waals surface area (Å²) in [5, 5.41) is 11.7. The number of rotatable bonds is 8. The molecule has 5 rings (SSSR count). The molecule has 0 saturated carbocycles. The second kappa shape index (κ2) is 10.7. The van der Waals surface area contributed by atoms with E-state index in [-0.39, 0.29) is 5.96 Å². The van der Waals surface area contributed by atoms with Crippen LogP contribution in [0.25, 0.3) is 22.4 Å². The molecular formula is C28H27N7O. The van der Waals surface area contributed by atoms with E-state index in [1.165, 1.54) is 0 Å². The van der Waals surface area contributed by atoms with Gasteiger partial charge in [0.1, 0.15) is 5.52 Å². The van der Waals surface area contributed by atoms with Crippen molar-refractivity contribution in [1.82, 2.24) is 15.2 Å². The van der Waals surface area contributed by atoms with Crippen LogP contribution in [0.2, 0.25) is 0 Å². The van der Waals surface area contributed by atoms with Gasteiger partial charge < -0.3 is 21.2 Å².